The van der Waals surface area contributed by atoms with Crippen molar-refractivity contribution in [1.29, 1.82) is 0 Å². The molecule has 1 fully saturated rings. The summed E-state index contributed by atoms with van der Waals surface area (Å²) in [7, 11) is 1.71. The van der Waals surface area contributed by atoms with Crippen LogP contribution in [0.3, 0.4) is 0 Å². The fraction of sp³-hybridized carbons (Fsp3) is 0.348. The van der Waals surface area contributed by atoms with Crippen LogP contribution >= 0.6 is 0 Å². The van der Waals surface area contributed by atoms with Gasteiger partial charge in [0.2, 0.25) is 0 Å². The minimum Gasteiger partial charge on any atom is -0.496 e. The Hall–Kier alpha value is -2.99. The molecule has 4 rings (SSSR count). The summed E-state index contributed by atoms with van der Waals surface area (Å²) in [6.07, 6.45) is 6.68. The van der Waals surface area contributed by atoms with Crippen molar-refractivity contribution in [1.82, 2.24) is 19.9 Å². The summed E-state index contributed by atoms with van der Waals surface area (Å²) in [5.41, 5.74) is 3.94. The summed E-state index contributed by atoms with van der Waals surface area (Å²) < 4.78 is 5.58. The number of aromatic nitrogens is 3. The number of rotatable bonds is 5. The molecule has 1 aromatic carbocycles. The van der Waals surface area contributed by atoms with Crippen LogP contribution in [-0.2, 0) is 6.54 Å². The van der Waals surface area contributed by atoms with Crippen LogP contribution in [-0.4, -0.2) is 33.5 Å². The molecule has 6 heteroatoms. The second-order valence-corrected chi connectivity index (χ2v) is 7.55. The third kappa shape index (κ3) is 4.38. The first kappa shape index (κ1) is 19.3. The number of pyridine rings is 1. The maximum Gasteiger partial charge on any atom is 0.251 e. The molecule has 3 heterocycles. The summed E-state index contributed by atoms with van der Waals surface area (Å²) in [4.78, 5) is 26.5. The van der Waals surface area contributed by atoms with Crippen LogP contribution in [0, 0.1) is 6.92 Å². The van der Waals surface area contributed by atoms with E-state index in [-0.39, 0.29) is 11.6 Å². The number of nitrogens with zero attached hydrogens (tertiary/aromatic N) is 3. The Morgan fingerprint density at radius 2 is 2.00 bits per heavy atom. The van der Waals surface area contributed by atoms with Gasteiger partial charge in [0.15, 0.2) is 0 Å². The molecular formula is C23H26N4O2. The first-order chi connectivity index (χ1) is 14.1. The molecule has 29 heavy (non-hydrogen) atoms. The van der Waals surface area contributed by atoms with Gasteiger partial charge in [-0.1, -0.05) is 24.1 Å². The van der Waals surface area contributed by atoms with Gasteiger partial charge in [-0.3, -0.25) is 14.7 Å². The number of aromatic amines is 1. The highest BCUT2D eigenvalue weighted by molar-refractivity contribution is 5.53. The Morgan fingerprint density at radius 1 is 1.17 bits per heavy atom. The Balaban J connectivity index is 1.67. The van der Waals surface area contributed by atoms with Crippen molar-refractivity contribution in [2.45, 2.75) is 38.8 Å². The average molecular weight is 390 g/mol. The van der Waals surface area contributed by atoms with E-state index < -0.39 is 0 Å². The Kier molecular flexibility index (Phi) is 5.71. The molecule has 0 saturated carbocycles. The minimum absolute atomic E-state index is 0.108. The molecule has 3 aromatic rings. The molecule has 1 atom stereocenters. The monoisotopic (exact) mass is 390 g/mol. The normalized spacial score (nSPS) is 17.2. The smallest absolute Gasteiger partial charge is 0.251 e. The number of likely N-dealkylation sites (tertiary alicyclic amines) is 1. The molecule has 0 amide bonds. The lowest BCUT2D eigenvalue weighted by Crippen LogP contribution is -2.34. The van der Waals surface area contributed by atoms with Crippen molar-refractivity contribution >= 4 is 0 Å². The number of aryl methyl sites for hydroxylation is 1. The number of methoxy groups -OCH3 is 1. The maximum atomic E-state index is 12.4. The van der Waals surface area contributed by atoms with Gasteiger partial charge in [0.1, 0.15) is 11.6 Å². The van der Waals surface area contributed by atoms with Crippen molar-refractivity contribution in [2.24, 2.45) is 0 Å². The van der Waals surface area contributed by atoms with Crippen LogP contribution in [0.1, 0.15) is 42.1 Å². The number of hydrogen-bond donors (Lipinski definition) is 1. The Labute approximate surface area is 170 Å². The molecular weight excluding hydrogens is 364 g/mol. The molecule has 1 saturated heterocycles. The standard InChI is InChI=1S/C23H26N4O2/c1-16-6-7-21(29-2)18(13-16)15-27-12-4-3-5-20(27)19-14-22(28)26-23(25-19)17-8-10-24-11-9-17/h6-11,13-14,20H,3-5,12,15H2,1-2H3,(H,25,26,28)/t20-/m0/s1. The summed E-state index contributed by atoms with van der Waals surface area (Å²) in [6, 6.07) is 11.7. The summed E-state index contributed by atoms with van der Waals surface area (Å²) in [5, 5.41) is 0. The van der Waals surface area contributed by atoms with E-state index in [0.717, 1.165) is 49.4 Å². The van der Waals surface area contributed by atoms with Gasteiger partial charge in [0.05, 0.1) is 18.8 Å². The lowest BCUT2D eigenvalue weighted by molar-refractivity contribution is 0.136. The molecule has 1 N–H and O–H groups in total. The number of H-pyrrole nitrogens is 1. The topological polar surface area (TPSA) is 71.1 Å². The molecule has 150 valence electrons. The number of hydrogen-bond acceptors (Lipinski definition) is 5. The van der Waals surface area contributed by atoms with Gasteiger partial charge >= 0.3 is 0 Å². The van der Waals surface area contributed by atoms with E-state index >= 15 is 0 Å². The SMILES string of the molecule is COc1ccc(C)cc1CN1CCCC[C@H]1c1cc(=O)[nH]c(-c2ccncc2)n1. The fourth-order valence-electron chi connectivity index (χ4n) is 4.06. The van der Waals surface area contributed by atoms with Crippen molar-refractivity contribution in [3.05, 3.63) is 76.0 Å². The van der Waals surface area contributed by atoms with Gasteiger partial charge in [0, 0.05) is 36.1 Å². The van der Waals surface area contributed by atoms with E-state index in [9.17, 15) is 4.79 Å². The van der Waals surface area contributed by atoms with Crippen LogP contribution in [0.4, 0.5) is 0 Å². The zero-order valence-corrected chi connectivity index (χ0v) is 16.9. The first-order valence-corrected chi connectivity index (χ1v) is 10.0. The average Bonchev–Trinajstić information content (AvgIpc) is 2.74. The van der Waals surface area contributed by atoms with E-state index in [4.69, 9.17) is 9.72 Å². The van der Waals surface area contributed by atoms with Crippen molar-refractivity contribution in [3.8, 4) is 17.1 Å². The largest absolute Gasteiger partial charge is 0.496 e. The second-order valence-electron chi connectivity index (χ2n) is 7.55. The zero-order chi connectivity index (χ0) is 20.2. The molecule has 1 aliphatic rings. The van der Waals surface area contributed by atoms with Gasteiger partial charge in [-0.2, -0.15) is 0 Å². The quantitative estimate of drug-likeness (QED) is 0.716. The molecule has 0 aliphatic carbocycles. The predicted octanol–water partition coefficient (Wildman–Crippen LogP) is 3.88. The Bertz CT molecular complexity index is 1030. The molecule has 6 nitrogen and oxygen atoms in total. The molecule has 0 unspecified atom stereocenters. The molecule has 0 spiro atoms. The van der Waals surface area contributed by atoms with Crippen LogP contribution in [0.15, 0.2) is 53.6 Å². The third-order valence-corrected chi connectivity index (χ3v) is 5.48. The molecule has 0 radical (unpaired) electrons. The van der Waals surface area contributed by atoms with Crippen LogP contribution in [0.25, 0.3) is 11.4 Å². The van der Waals surface area contributed by atoms with Gasteiger partial charge in [-0.25, -0.2) is 4.98 Å². The van der Waals surface area contributed by atoms with Crippen molar-refractivity contribution in [3.63, 3.8) is 0 Å². The van der Waals surface area contributed by atoms with Gasteiger partial charge in [-0.15, -0.1) is 0 Å². The first-order valence-electron chi connectivity index (χ1n) is 10.0. The van der Waals surface area contributed by atoms with Crippen molar-refractivity contribution < 1.29 is 4.74 Å². The van der Waals surface area contributed by atoms with Crippen LogP contribution < -0.4 is 10.3 Å². The van der Waals surface area contributed by atoms with Crippen LogP contribution in [0.5, 0.6) is 5.75 Å². The second kappa shape index (κ2) is 8.57. The lowest BCUT2D eigenvalue weighted by atomic mass is 9.97. The highest BCUT2D eigenvalue weighted by atomic mass is 16.5. The van der Waals surface area contributed by atoms with E-state index in [1.807, 2.05) is 18.2 Å². The number of ether oxygens (including phenoxy) is 1. The Morgan fingerprint density at radius 3 is 2.79 bits per heavy atom. The van der Waals surface area contributed by atoms with E-state index in [1.165, 1.54) is 11.1 Å². The highest BCUT2D eigenvalue weighted by Crippen LogP contribution is 2.33. The molecule has 1 aliphatic heterocycles. The van der Waals surface area contributed by atoms with Gasteiger partial charge < -0.3 is 9.72 Å². The predicted molar refractivity (Wildman–Crippen MR) is 113 cm³/mol. The molecule has 2 aromatic heterocycles. The molecule has 0 bridgehead atoms. The summed E-state index contributed by atoms with van der Waals surface area (Å²) in [6.45, 7) is 3.84. The van der Waals surface area contributed by atoms with Gasteiger partial charge in [-0.05, 0) is 44.5 Å². The maximum absolute atomic E-state index is 12.4. The van der Waals surface area contributed by atoms with E-state index in [1.54, 1.807) is 25.6 Å². The summed E-state index contributed by atoms with van der Waals surface area (Å²) >= 11 is 0. The fourth-order valence-corrected chi connectivity index (χ4v) is 4.06. The highest BCUT2D eigenvalue weighted by Gasteiger charge is 2.27. The number of piperidine rings is 1. The van der Waals surface area contributed by atoms with Crippen molar-refractivity contribution in [2.75, 3.05) is 13.7 Å². The lowest BCUT2D eigenvalue weighted by Gasteiger charge is -2.35. The number of benzene rings is 1. The minimum atomic E-state index is -0.125. The number of nitrogens with one attached hydrogen (secondary N) is 1. The zero-order valence-electron chi connectivity index (χ0n) is 16.9. The third-order valence-electron chi connectivity index (χ3n) is 5.48. The van der Waals surface area contributed by atoms with Gasteiger partial charge in [0.25, 0.3) is 5.56 Å². The van der Waals surface area contributed by atoms with Crippen LogP contribution in [0.2, 0.25) is 0 Å². The summed E-state index contributed by atoms with van der Waals surface area (Å²) in [5.74, 6) is 1.49. The van der Waals surface area contributed by atoms with E-state index in [0.29, 0.717) is 5.82 Å². The van der Waals surface area contributed by atoms with E-state index in [2.05, 4.69) is 33.9 Å².